The lowest BCUT2D eigenvalue weighted by molar-refractivity contribution is -0.0546. The smallest absolute Gasteiger partial charge is 0.0942 e. The molecule has 0 amide bonds. The van der Waals surface area contributed by atoms with Crippen molar-refractivity contribution in [2.75, 3.05) is 13.2 Å². The molecule has 2 heterocycles. The van der Waals surface area contributed by atoms with Gasteiger partial charge in [0.15, 0.2) is 0 Å². The summed E-state index contributed by atoms with van der Waals surface area (Å²) < 4.78 is 11.9. The summed E-state index contributed by atoms with van der Waals surface area (Å²) in [6, 6.07) is 0. The largest absolute Gasteiger partial charge is 0.372 e. The third-order valence-corrected chi connectivity index (χ3v) is 4.12. The zero-order valence-electron chi connectivity index (χ0n) is 9.21. The first-order valence-corrected chi connectivity index (χ1v) is 5.87. The SMILES string of the molecule is CC1(C)C[C@]2(CC[C@H]3C[C@H]3CO2)CO1. The zero-order chi connectivity index (χ0) is 9.81. The van der Waals surface area contributed by atoms with E-state index in [1.165, 1.54) is 19.3 Å². The summed E-state index contributed by atoms with van der Waals surface area (Å²) in [7, 11) is 0. The second-order valence-electron chi connectivity index (χ2n) is 6.01. The minimum absolute atomic E-state index is 0.0362. The number of ether oxygens (including phenoxy) is 2. The van der Waals surface area contributed by atoms with E-state index in [1.54, 1.807) is 0 Å². The van der Waals surface area contributed by atoms with Crippen molar-refractivity contribution in [3.05, 3.63) is 0 Å². The fraction of sp³-hybridized carbons (Fsp3) is 1.00. The second kappa shape index (κ2) is 2.73. The van der Waals surface area contributed by atoms with Gasteiger partial charge in [0.05, 0.1) is 24.4 Å². The van der Waals surface area contributed by atoms with Crippen LogP contribution in [-0.4, -0.2) is 24.4 Å². The van der Waals surface area contributed by atoms with Crippen molar-refractivity contribution in [2.24, 2.45) is 11.8 Å². The highest BCUT2D eigenvalue weighted by Gasteiger charge is 2.50. The van der Waals surface area contributed by atoms with E-state index in [0.29, 0.717) is 0 Å². The minimum atomic E-state index is 0.0362. The zero-order valence-corrected chi connectivity index (χ0v) is 9.21. The van der Waals surface area contributed by atoms with E-state index in [4.69, 9.17) is 9.47 Å². The van der Waals surface area contributed by atoms with Gasteiger partial charge in [0.1, 0.15) is 0 Å². The molecule has 0 aromatic rings. The molecular weight excluding hydrogens is 176 g/mol. The maximum atomic E-state index is 6.12. The Labute approximate surface area is 86.0 Å². The van der Waals surface area contributed by atoms with Crippen LogP contribution in [0, 0.1) is 11.8 Å². The molecule has 2 aliphatic heterocycles. The molecule has 14 heavy (non-hydrogen) atoms. The van der Waals surface area contributed by atoms with Gasteiger partial charge in [0.25, 0.3) is 0 Å². The van der Waals surface area contributed by atoms with Crippen molar-refractivity contribution in [3.8, 4) is 0 Å². The fourth-order valence-corrected chi connectivity index (χ4v) is 3.13. The van der Waals surface area contributed by atoms with Crippen LogP contribution in [0.1, 0.15) is 39.5 Å². The monoisotopic (exact) mass is 196 g/mol. The second-order valence-corrected chi connectivity index (χ2v) is 6.01. The molecule has 3 atom stereocenters. The lowest BCUT2D eigenvalue weighted by atomic mass is 9.89. The van der Waals surface area contributed by atoms with Gasteiger partial charge in [0, 0.05) is 6.42 Å². The lowest BCUT2D eigenvalue weighted by Gasteiger charge is -2.27. The predicted molar refractivity (Wildman–Crippen MR) is 54.2 cm³/mol. The Hall–Kier alpha value is -0.0800. The van der Waals surface area contributed by atoms with Gasteiger partial charge in [0.2, 0.25) is 0 Å². The Bertz CT molecular complexity index is 235. The van der Waals surface area contributed by atoms with E-state index < -0.39 is 0 Å². The Morgan fingerprint density at radius 1 is 1.14 bits per heavy atom. The molecule has 0 radical (unpaired) electrons. The normalized spacial score (nSPS) is 50.1. The molecule has 2 nitrogen and oxygen atoms in total. The molecule has 0 aromatic heterocycles. The van der Waals surface area contributed by atoms with E-state index in [2.05, 4.69) is 13.8 Å². The molecule has 80 valence electrons. The average Bonchev–Trinajstić information content (AvgIpc) is 2.80. The van der Waals surface area contributed by atoms with Crippen molar-refractivity contribution in [2.45, 2.75) is 50.7 Å². The van der Waals surface area contributed by atoms with Gasteiger partial charge in [-0.3, -0.25) is 0 Å². The van der Waals surface area contributed by atoms with Crippen LogP contribution in [-0.2, 0) is 9.47 Å². The number of fused-ring (bicyclic) bond motifs is 1. The summed E-state index contributed by atoms with van der Waals surface area (Å²) >= 11 is 0. The first-order valence-electron chi connectivity index (χ1n) is 5.87. The molecule has 1 saturated carbocycles. The van der Waals surface area contributed by atoms with Gasteiger partial charge in [-0.1, -0.05) is 0 Å². The van der Waals surface area contributed by atoms with Gasteiger partial charge in [-0.15, -0.1) is 0 Å². The van der Waals surface area contributed by atoms with Crippen molar-refractivity contribution in [1.82, 2.24) is 0 Å². The van der Waals surface area contributed by atoms with Crippen LogP contribution in [0.2, 0.25) is 0 Å². The quantitative estimate of drug-likeness (QED) is 0.592. The Kier molecular flexibility index (Phi) is 1.79. The highest BCUT2D eigenvalue weighted by Crippen LogP contribution is 2.50. The molecule has 0 bridgehead atoms. The third kappa shape index (κ3) is 1.49. The lowest BCUT2D eigenvalue weighted by Crippen LogP contribution is -2.34. The van der Waals surface area contributed by atoms with E-state index in [-0.39, 0.29) is 11.2 Å². The number of rotatable bonds is 0. The van der Waals surface area contributed by atoms with Crippen molar-refractivity contribution in [3.63, 3.8) is 0 Å². The van der Waals surface area contributed by atoms with Gasteiger partial charge < -0.3 is 9.47 Å². The standard InChI is InChI=1S/C12H20O2/c1-11(2)7-12(8-14-11)4-3-9-5-10(9)6-13-12/h9-10H,3-8H2,1-2H3/t9-,10-,12+/m0/s1. The highest BCUT2D eigenvalue weighted by atomic mass is 16.6. The van der Waals surface area contributed by atoms with E-state index in [9.17, 15) is 0 Å². The number of hydrogen-bond acceptors (Lipinski definition) is 2. The minimum Gasteiger partial charge on any atom is -0.372 e. The molecule has 0 N–H and O–H groups in total. The highest BCUT2D eigenvalue weighted by molar-refractivity contribution is 5.00. The van der Waals surface area contributed by atoms with Gasteiger partial charge in [-0.05, 0) is 44.9 Å². The van der Waals surface area contributed by atoms with Crippen molar-refractivity contribution >= 4 is 0 Å². The summed E-state index contributed by atoms with van der Waals surface area (Å²) in [5.41, 5.74) is 0.117. The molecule has 0 aromatic carbocycles. The van der Waals surface area contributed by atoms with Crippen molar-refractivity contribution in [1.29, 1.82) is 0 Å². The van der Waals surface area contributed by atoms with E-state index in [0.717, 1.165) is 31.5 Å². The van der Waals surface area contributed by atoms with Crippen LogP contribution in [0.15, 0.2) is 0 Å². The summed E-state index contributed by atoms with van der Waals surface area (Å²) in [6.07, 6.45) is 5.08. The summed E-state index contributed by atoms with van der Waals surface area (Å²) in [6.45, 7) is 6.16. The maximum absolute atomic E-state index is 6.12. The first-order chi connectivity index (χ1) is 6.59. The molecule has 3 aliphatic rings. The molecule has 3 fully saturated rings. The fourth-order valence-electron chi connectivity index (χ4n) is 3.13. The van der Waals surface area contributed by atoms with Gasteiger partial charge in [-0.25, -0.2) is 0 Å². The molecule has 3 rings (SSSR count). The van der Waals surface area contributed by atoms with Crippen LogP contribution < -0.4 is 0 Å². The van der Waals surface area contributed by atoms with Crippen LogP contribution in [0.5, 0.6) is 0 Å². The number of hydrogen-bond donors (Lipinski definition) is 0. The Balaban J connectivity index is 1.71. The topological polar surface area (TPSA) is 18.5 Å². The molecular formula is C12H20O2. The third-order valence-electron chi connectivity index (χ3n) is 4.12. The summed E-state index contributed by atoms with van der Waals surface area (Å²) in [5.74, 6) is 1.87. The average molecular weight is 196 g/mol. The van der Waals surface area contributed by atoms with Crippen LogP contribution in [0.3, 0.4) is 0 Å². The van der Waals surface area contributed by atoms with Crippen LogP contribution >= 0.6 is 0 Å². The van der Waals surface area contributed by atoms with E-state index in [1.807, 2.05) is 0 Å². The van der Waals surface area contributed by atoms with Gasteiger partial charge in [-0.2, -0.15) is 0 Å². The maximum Gasteiger partial charge on any atom is 0.0942 e. The summed E-state index contributed by atoms with van der Waals surface area (Å²) in [5, 5.41) is 0. The van der Waals surface area contributed by atoms with Crippen LogP contribution in [0.4, 0.5) is 0 Å². The molecule has 1 aliphatic carbocycles. The van der Waals surface area contributed by atoms with Gasteiger partial charge >= 0.3 is 0 Å². The summed E-state index contributed by atoms with van der Waals surface area (Å²) in [4.78, 5) is 0. The molecule has 0 unspecified atom stereocenters. The molecule has 2 heteroatoms. The van der Waals surface area contributed by atoms with Crippen LogP contribution in [0.25, 0.3) is 0 Å². The Morgan fingerprint density at radius 2 is 2.00 bits per heavy atom. The molecule has 1 spiro atoms. The van der Waals surface area contributed by atoms with E-state index >= 15 is 0 Å². The molecule has 2 saturated heterocycles. The predicted octanol–water partition coefficient (Wildman–Crippen LogP) is 2.37. The Morgan fingerprint density at radius 3 is 2.71 bits per heavy atom. The first kappa shape index (κ1) is 9.17. The van der Waals surface area contributed by atoms with Crippen molar-refractivity contribution < 1.29 is 9.47 Å².